The van der Waals surface area contributed by atoms with Crippen molar-refractivity contribution in [2.24, 2.45) is 0 Å². The van der Waals surface area contributed by atoms with Gasteiger partial charge in [0.1, 0.15) is 12.7 Å². The Morgan fingerprint density at radius 1 is 1.04 bits per heavy atom. The van der Waals surface area contributed by atoms with Gasteiger partial charge in [-0.15, -0.1) is 0 Å². The van der Waals surface area contributed by atoms with Crippen LogP contribution in [-0.4, -0.2) is 32.6 Å². The second-order valence-corrected chi connectivity index (χ2v) is 5.94. The molecule has 2 aromatic carbocycles. The third-order valence-electron chi connectivity index (χ3n) is 3.90. The number of nitrogens with zero attached hydrogens (tertiary/aromatic N) is 4. The van der Waals surface area contributed by atoms with E-state index in [0.29, 0.717) is 18.7 Å². The smallest absolute Gasteiger partial charge is 0.253 e. The summed E-state index contributed by atoms with van der Waals surface area (Å²) in [6.07, 6.45) is 3.19. The Kier molecular flexibility index (Phi) is 4.70. The number of aryl methyl sites for hydroxylation is 1. The fourth-order valence-corrected chi connectivity index (χ4v) is 2.51. The van der Waals surface area contributed by atoms with E-state index in [4.69, 9.17) is 0 Å². The van der Waals surface area contributed by atoms with Gasteiger partial charge in [0.2, 0.25) is 0 Å². The zero-order valence-corrected chi connectivity index (χ0v) is 13.9. The maximum absolute atomic E-state index is 12.5. The first-order valence-corrected chi connectivity index (χ1v) is 7.84. The first kappa shape index (κ1) is 15.9. The van der Waals surface area contributed by atoms with Crippen LogP contribution >= 0.6 is 0 Å². The van der Waals surface area contributed by atoms with Crippen molar-refractivity contribution in [3.05, 3.63) is 83.4 Å². The minimum atomic E-state index is 0.0166. The number of benzene rings is 2. The van der Waals surface area contributed by atoms with Crippen molar-refractivity contribution in [3.63, 3.8) is 0 Å². The molecule has 0 N–H and O–H groups in total. The molecule has 0 fully saturated rings. The summed E-state index contributed by atoms with van der Waals surface area (Å²) in [5.41, 5.74) is 4.11. The zero-order chi connectivity index (χ0) is 16.9. The van der Waals surface area contributed by atoms with Gasteiger partial charge in [0.15, 0.2) is 0 Å². The van der Waals surface area contributed by atoms with Gasteiger partial charge in [0.05, 0.1) is 6.54 Å². The Labute approximate surface area is 141 Å². The van der Waals surface area contributed by atoms with Gasteiger partial charge >= 0.3 is 0 Å². The zero-order valence-electron chi connectivity index (χ0n) is 13.9. The van der Waals surface area contributed by atoms with Crippen molar-refractivity contribution in [2.45, 2.75) is 20.0 Å². The normalized spacial score (nSPS) is 10.6. The lowest BCUT2D eigenvalue weighted by molar-refractivity contribution is 0.0785. The van der Waals surface area contributed by atoms with E-state index < -0.39 is 0 Å². The average Bonchev–Trinajstić information content (AvgIpc) is 3.10. The van der Waals surface area contributed by atoms with Crippen LogP contribution in [0.5, 0.6) is 0 Å². The van der Waals surface area contributed by atoms with E-state index in [1.165, 1.54) is 11.9 Å². The van der Waals surface area contributed by atoms with E-state index in [-0.39, 0.29) is 5.91 Å². The van der Waals surface area contributed by atoms with Gasteiger partial charge in [-0.25, -0.2) is 9.67 Å². The van der Waals surface area contributed by atoms with Crippen LogP contribution in [0.4, 0.5) is 0 Å². The molecular weight excluding hydrogens is 300 g/mol. The molecule has 0 radical (unpaired) electrons. The SMILES string of the molecule is Cc1ccc(CN(C)C(=O)c2ccc(Cn3cncn3)cc2)cc1. The molecule has 3 rings (SSSR count). The molecule has 1 aromatic heterocycles. The molecule has 0 saturated heterocycles. The van der Waals surface area contributed by atoms with E-state index in [2.05, 4.69) is 41.3 Å². The van der Waals surface area contributed by atoms with Crippen LogP contribution in [0.3, 0.4) is 0 Å². The predicted octanol–water partition coefficient (Wildman–Crippen LogP) is 2.91. The summed E-state index contributed by atoms with van der Waals surface area (Å²) in [5, 5.41) is 4.08. The van der Waals surface area contributed by atoms with Crippen molar-refractivity contribution in [2.75, 3.05) is 7.05 Å². The van der Waals surface area contributed by atoms with E-state index in [0.717, 1.165) is 11.1 Å². The van der Waals surface area contributed by atoms with E-state index >= 15 is 0 Å². The van der Waals surface area contributed by atoms with Crippen molar-refractivity contribution in [3.8, 4) is 0 Å². The molecule has 3 aromatic rings. The number of hydrogen-bond donors (Lipinski definition) is 0. The quantitative estimate of drug-likeness (QED) is 0.726. The molecule has 0 aliphatic carbocycles. The highest BCUT2D eigenvalue weighted by atomic mass is 16.2. The van der Waals surface area contributed by atoms with E-state index in [1.807, 2.05) is 31.3 Å². The van der Waals surface area contributed by atoms with Crippen LogP contribution in [0, 0.1) is 6.92 Å². The second kappa shape index (κ2) is 7.08. The highest BCUT2D eigenvalue weighted by Crippen LogP contribution is 2.11. The molecule has 0 aliphatic heterocycles. The van der Waals surface area contributed by atoms with Crippen LogP contribution in [-0.2, 0) is 13.1 Å². The standard InChI is InChI=1S/C19H20N4O/c1-15-3-5-16(6-4-15)11-22(2)19(24)18-9-7-17(8-10-18)12-23-14-20-13-21-23/h3-10,13-14H,11-12H2,1-2H3. The lowest BCUT2D eigenvalue weighted by atomic mass is 10.1. The highest BCUT2D eigenvalue weighted by Gasteiger charge is 2.12. The molecule has 0 spiro atoms. The van der Waals surface area contributed by atoms with Crippen LogP contribution in [0.1, 0.15) is 27.0 Å². The van der Waals surface area contributed by atoms with Gasteiger partial charge in [0, 0.05) is 19.2 Å². The van der Waals surface area contributed by atoms with E-state index in [9.17, 15) is 4.79 Å². The van der Waals surface area contributed by atoms with Gasteiger partial charge in [-0.1, -0.05) is 42.0 Å². The largest absolute Gasteiger partial charge is 0.337 e. The molecule has 0 unspecified atom stereocenters. The summed E-state index contributed by atoms with van der Waals surface area (Å²) in [6, 6.07) is 15.9. The first-order chi connectivity index (χ1) is 11.6. The van der Waals surface area contributed by atoms with E-state index in [1.54, 1.807) is 15.9 Å². The molecule has 0 bridgehead atoms. The number of carbonyl (C=O) groups is 1. The van der Waals surface area contributed by atoms with Crippen molar-refractivity contribution >= 4 is 5.91 Å². The minimum absolute atomic E-state index is 0.0166. The van der Waals surface area contributed by atoms with Crippen LogP contribution in [0.25, 0.3) is 0 Å². The van der Waals surface area contributed by atoms with Gasteiger partial charge < -0.3 is 4.90 Å². The van der Waals surface area contributed by atoms with Gasteiger partial charge in [0.25, 0.3) is 5.91 Å². The molecule has 0 saturated carbocycles. The molecule has 5 nitrogen and oxygen atoms in total. The Hall–Kier alpha value is -2.95. The summed E-state index contributed by atoms with van der Waals surface area (Å²) >= 11 is 0. The third-order valence-corrected chi connectivity index (χ3v) is 3.90. The molecule has 0 atom stereocenters. The Morgan fingerprint density at radius 2 is 1.71 bits per heavy atom. The summed E-state index contributed by atoms with van der Waals surface area (Å²) in [7, 11) is 1.82. The summed E-state index contributed by atoms with van der Waals surface area (Å²) in [6.45, 7) is 3.30. The number of rotatable bonds is 5. The first-order valence-electron chi connectivity index (χ1n) is 7.84. The maximum Gasteiger partial charge on any atom is 0.253 e. The predicted molar refractivity (Wildman–Crippen MR) is 92.5 cm³/mol. The Morgan fingerprint density at radius 3 is 2.33 bits per heavy atom. The Balaban J connectivity index is 1.64. The molecule has 1 amide bonds. The third kappa shape index (κ3) is 3.87. The van der Waals surface area contributed by atoms with Gasteiger partial charge in [-0.3, -0.25) is 4.79 Å². The Bertz CT molecular complexity index is 792. The van der Waals surface area contributed by atoms with Crippen LogP contribution < -0.4 is 0 Å². The number of aromatic nitrogens is 3. The number of hydrogen-bond acceptors (Lipinski definition) is 3. The van der Waals surface area contributed by atoms with Gasteiger partial charge in [-0.05, 0) is 30.2 Å². The molecule has 5 heteroatoms. The number of carbonyl (C=O) groups excluding carboxylic acids is 1. The van der Waals surface area contributed by atoms with Gasteiger partial charge in [-0.2, -0.15) is 5.10 Å². The summed E-state index contributed by atoms with van der Waals surface area (Å²) < 4.78 is 1.75. The topological polar surface area (TPSA) is 51.0 Å². The van der Waals surface area contributed by atoms with Crippen LogP contribution in [0.15, 0.2) is 61.2 Å². The van der Waals surface area contributed by atoms with Crippen molar-refractivity contribution < 1.29 is 4.79 Å². The lowest BCUT2D eigenvalue weighted by Gasteiger charge is -2.17. The fraction of sp³-hybridized carbons (Fsp3) is 0.211. The van der Waals surface area contributed by atoms with Crippen LogP contribution in [0.2, 0.25) is 0 Å². The summed E-state index contributed by atoms with van der Waals surface area (Å²) in [5.74, 6) is 0.0166. The average molecular weight is 320 g/mol. The van der Waals surface area contributed by atoms with Crippen molar-refractivity contribution in [1.29, 1.82) is 0 Å². The highest BCUT2D eigenvalue weighted by molar-refractivity contribution is 5.94. The van der Waals surface area contributed by atoms with Crippen molar-refractivity contribution in [1.82, 2.24) is 19.7 Å². The molecule has 0 aliphatic rings. The fourth-order valence-electron chi connectivity index (χ4n) is 2.51. The monoisotopic (exact) mass is 320 g/mol. The second-order valence-electron chi connectivity index (χ2n) is 5.94. The molecular formula is C19H20N4O. The summed E-state index contributed by atoms with van der Waals surface area (Å²) in [4.78, 5) is 18.2. The maximum atomic E-state index is 12.5. The lowest BCUT2D eigenvalue weighted by Crippen LogP contribution is -2.26. The molecule has 24 heavy (non-hydrogen) atoms. The minimum Gasteiger partial charge on any atom is -0.337 e. The number of amides is 1. The molecule has 122 valence electrons. The molecule has 1 heterocycles.